The van der Waals surface area contributed by atoms with Gasteiger partial charge in [-0.05, 0) is 85.0 Å². The molecule has 1 atom stereocenters. The van der Waals surface area contributed by atoms with Gasteiger partial charge < -0.3 is 29.2 Å². The Balaban J connectivity index is 1.38. The number of ether oxygens (including phenoxy) is 4. The minimum Gasteiger partial charge on any atom is -0.504 e. The molecule has 9 nitrogen and oxygen atoms in total. The fourth-order valence-corrected chi connectivity index (χ4v) is 6.51. The fraction of sp³-hybridized carbons (Fsp3) is 0.278. The van der Waals surface area contributed by atoms with E-state index in [9.17, 15) is 15.0 Å². The highest BCUT2D eigenvalue weighted by Gasteiger charge is 2.33. The van der Waals surface area contributed by atoms with E-state index in [4.69, 9.17) is 18.9 Å². The molecule has 10 rings (SSSR count). The summed E-state index contributed by atoms with van der Waals surface area (Å²) in [4.78, 5) is 20.6. The van der Waals surface area contributed by atoms with Crippen LogP contribution in [0.1, 0.15) is 49.8 Å². The normalized spacial score (nSPS) is 17.5. The predicted octanol–water partition coefficient (Wildman–Crippen LogP) is 5.80. The van der Waals surface area contributed by atoms with Crippen LogP contribution in [0.2, 0.25) is 0 Å². The highest BCUT2D eigenvalue weighted by molar-refractivity contribution is 6.52. The molecule has 0 radical (unpaired) electrons. The van der Waals surface area contributed by atoms with Crippen LogP contribution in [-0.2, 0) is 25.9 Å². The molecule has 6 heterocycles. The van der Waals surface area contributed by atoms with Gasteiger partial charge in [-0.25, -0.2) is 0 Å². The quantitative estimate of drug-likeness (QED) is 0.295. The molecule has 0 aromatic heterocycles. The lowest BCUT2D eigenvalue weighted by atomic mass is 9.87. The number of carbonyl (C=O) groups excluding carboxylic acids is 1. The van der Waals surface area contributed by atoms with Crippen molar-refractivity contribution in [2.45, 2.75) is 31.9 Å². The second-order valence-corrected chi connectivity index (χ2v) is 11.6. The Morgan fingerprint density at radius 3 is 2.31 bits per heavy atom. The summed E-state index contributed by atoms with van der Waals surface area (Å²) in [5.41, 5.74) is 5.65. The maximum atomic E-state index is 13.8. The van der Waals surface area contributed by atoms with E-state index in [1.165, 1.54) is 14.2 Å². The second-order valence-electron chi connectivity index (χ2n) is 11.6. The van der Waals surface area contributed by atoms with Gasteiger partial charge in [-0.15, -0.1) is 0 Å². The molecule has 6 aliphatic heterocycles. The van der Waals surface area contributed by atoms with Gasteiger partial charge in [0.05, 0.1) is 19.8 Å². The summed E-state index contributed by atoms with van der Waals surface area (Å²) in [5, 5.41) is 22.8. The first-order valence-corrected chi connectivity index (χ1v) is 15.0. The molecule has 6 bridgehead atoms. The number of aliphatic imine (C=N–C) groups is 1. The minimum absolute atomic E-state index is 0.0683. The molecular formula is C36H34N2O7. The van der Waals surface area contributed by atoms with Gasteiger partial charge in [-0.2, -0.15) is 0 Å². The molecule has 0 aliphatic carbocycles. The number of rotatable bonds is 2. The van der Waals surface area contributed by atoms with E-state index in [2.05, 4.69) is 29.1 Å². The number of benzene rings is 4. The molecule has 9 heteroatoms. The Morgan fingerprint density at radius 1 is 0.867 bits per heavy atom. The zero-order valence-electron chi connectivity index (χ0n) is 25.4. The zero-order valence-corrected chi connectivity index (χ0v) is 25.4. The molecule has 0 unspecified atom stereocenters. The third-order valence-corrected chi connectivity index (χ3v) is 8.96. The van der Waals surface area contributed by atoms with E-state index in [1.807, 2.05) is 24.3 Å². The van der Waals surface area contributed by atoms with Gasteiger partial charge in [0.2, 0.25) is 17.3 Å². The number of phenolic OH excluding ortho intramolecular Hbond substituents is 2. The zero-order chi connectivity index (χ0) is 31.2. The largest absolute Gasteiger partial charge is 0.504 e. The molecule has 6 aliphatic rings. The van der Waals surface area contributed by atoms with Crippen LogP contribution in [-0.4, -0.2) is 61.0 Å². The van der Waals surface area contributed by atoms with Crippen molar-refractivity contribution in [3.05, 3.63) is 99.6 Å². The molecule has 2 N–H and O–H groups in total. The van der Waals surface area contributed by atoms with Gasteiger partial charge in [0, 0.05) is 30.3 Å². The maximum Gasteiger partial charge on any atom is 0.211 e. The average molecular weight is 607 g/mol. The van der Waals surface area contributed by atoms with Crippen LogP contribution in [0.3, 0.4) is 0 Å². The number of hydrogen-bond acceptors (Lipinski definition) is 9. The van der Waals surface area contributed by atoms with Crippen molar-refractivity contribution in [2.24, 2.45) is 4.99 Å². The third kappa shape index (κ3) is 5.03. The van der Waals surface area contributed by atoms with Crippen LogP contribution in [0.25, 0.3) is 0 Å². The van der Waals surface area contributed by atoms with Crippen LogP contribution < -0.4 is 18.9 Å². The van der Waals surface area contributed by atoms with Gasteiger partial charge in [0.25, 0.3) is 0 Å². The Morgan fingerprint density at radius 2 is 1.58 bits per heavy atom. The molecule has 0 amide bonds. The van der Waals surface area contributed by atoms with Crippen LogP contribution in [0.4, 0.5) is 0 Å². The monoisotopic (exact) mass is 606 g/mol. The van der Waals surface area contributed by atoms with E-state index in [1.54, 1.807) is 24.3 Å². The van der Waals surface area contributed by atoms with Gasteiger partial charge in [-0.3, -0.25) is 14.7 Å². The molecule has 0 fully saturated rings. The van der Waals surface area contributed by atoms with Gasteiger partial charge >= 0.3 is 0 Å². The van der Waals surface area contributed by atoms with Crippen molar-refractivity contribution in [1.82, 2.24) is 4.90 Å². The number of aromatic hydroxyl groups is 2. The Bertz CT molecular complexity index is 1830. The van der Waals surface area contributed by atoms with Crippen molar-refractivity contribution < 1.29 is 34.0 Å². The van der Waals surface area contributed by atoms with E-state index >= 15 is 0 Å². The molecule has 4 aromatic rings. The second kappa shape index (κ2) is 11.5. The molecule has 0 saturated carbocycles. The number of phenols is 2. The summed E-state index contributed by atoms with van der Waals surface area (Å²) >= 11 is 0. The van der Waals surface area contributed by atoms with Crippen molar-refractivity contribution in [1.29, 1.82) is 0 Å². The lowest BCUT2D eigenvalue weighted by Gasteiger charge is -2.36. The average Bonchev–Trinajstić information content (AvgIpc) is 3.06. The Hall–Kier alpha value is -5.02. The van der Waals surface area contributed by atoms with E-state index < -0.39 is 0 Å². The summed E-state index contributed by atoms with van der Waals surface area (Å²) in [7, 11) is 5.13. The predicted molar refractivity (Wildman–Crippen MR) is 169 cm³/mol. The number of carbonyl (C=O) groups is 1. The highest BCUT2D eigenvalue weighted by Crippen LogP contribution is 2.49. The maximum absolute atomic E-state index is 13.8. The van der Waals surface area contributed by atoms with Crippen LogP contribution in [0.15, 0.2) is 65.7 Å². The third-order valence-electron chi connectivity index (χ3n) is 8.96. The van der Waals surface area contributed by atoms with Crippen LogP contribution in [0.5, 0.6) is 40.2 Å². The summed E-state index contributed by atoms with van der Waals surface area (Å²) in [6, 6.07) is 18.5. The standard InChI is InChI=1S/C36H34N2O7/c1-38-15-13-24-17-27(42-2)33(40)36-29(24)26(38)16-20-4-6-21(7-5-20)19-44-35-28(43-3)18-23-12-14-37-31(30(23)34(35)41)32(39)22-8-10-25(45-36)11-9-22/h4-11,17-18,26,40-41H,12-16,19H2,1-3H3/t26-/m0/s1. The fourth-order valence-electron chi connectivity index (χ4n) is 6.51. The summed E-state index contributed by atoms with van der Waals surface area (Å²) in [6.45, 7) is 1.42. The number of ketones is 1. The smallest absolute Gasteiger partial charge is 0.211 e. The minimum atomic E-state index is -0.331. The number of Topliss-reactive ketones (excluding diaryl/α,β-unsaturated/α-hetero) is 1. The summed E-state index contributed by atoms with van der Waals surface area (Å²) in [5.74, 6) is 1.15. The lowest BCUT2D eigenvalue weighted by Crippen LogP contribution is -2.33. The Kier molecular flexibility index (Phi) is 7.33. The molecule has 0 saturated heterocycles. The molecule has 0 spiro atoms. The molecule has 45 heavy (non-hydrogen) atoms. The SMILES string of the molecule is COc1cc2c3c(c1O)Oc1ccc(cc1)C(=O)C1=NCCc4cc(OC)c(c(O)c41)OCc1ccc(cc1)C[C@@H]3N(C)CC2. The first kappa shape index (κ1) is 28.7. The lowest BCUT2D eigenvalue weighted by molar-refractivity contribution is 0.106. The first-order valence-electron chi connectivity index (χ1n) is 15.0. The van der Waals surface area contributed by atoms with Crippen LogP contribution in [0, 0.1) is 0 Å². The van der Waals surface area contributed by atoms with Gasteiger partial charge in [-0.1, -0.05) is 24.3 Å². The van der Waals surface area contributed by atoms with E-state index in [0.29, 0.717) is 53.5 Å². The van der Waals surface area contributed by atoms with Crippen molar-refractivity contribution >= 4 is 11.5 Å². The molecule has 4 aromatic carbocycles. The van der Waals surface area contributed by atoms with E-state index in [0.717, 1.165) is 40.8 Å². The number of methoxy groups -OCH3 is 2. The highest BCUT2D eigenvalue weighted by atomic mass is 16.5. The first-order chi connectivity index (χ1) is 21.9. The van der Waals surface area contributed by atoms with Gasteiger partial charge in [0.15, 0.2) is 23.0 Å². The van der Waals surface area contributed by atoms with Crippen molar-refractivity contribution in [2.75, 3.05) is 34.4 Å². The Labute approximate surface area is 261 Å². The number of likely N-dealkylation sites (N-methyl/N-ethyl adjacent to an activating group) is 1. The molecule has 230 valence electrons. The topological polar surface area (TPSA) is 110 Å². The van der Waals surface area contributed by atoms with Crippen molar-refractivity contribution in [3.8, 4) is 40.2 Å². The van der Waals surface area contributed by atoms with Crippen LogP contribution >= 0.6 is 0 Å². The molecular weight excluding hydrogens is 572 g/mol. The summed E-state index contributed by atoms with van der Waals surface area (Å²) < 4.78 is 23.7. The number of nitrogens with zero attached hydrogens (tertiary/aromatic N) is 2. The summed E-state index contributed by atoms with van der Waals surface area (Å²) in [6.07, 6.45) is 2.01. The van der Waals surface area contributed by atoms with E-state index in [-0.39, 0.29) is 41.4 Å². The van der Waals surface area contributed by atoms with Gasteiger partial charge in [0.1, 0.15) is 18.1 Å². The number of hydrogen-bond donors (Lipinski definition) is 2. The van der Waals surface area contributed by atoms with Crippen molar-refractivity contribution in [3.63, 3.8) is 0 Å².